The molecule has 3 aliphatic heterocycles. The van der Waals surface area contributed by atoms with E-state index in [0.717, 1.165) is 29.5 Å². The summed E-state index contributed by atoms with van der Waals surface area (Å²) in [5.41, 5.74) is 5.09. The van der Waals surface area contributed by atoms with Crippen LogP contribution in [0.25, 0.3) is 0 Å². The monoisotopic (exact) mass is 1120 g/mol. The maximum Gasteiger partial charge on any atom is 0.329 e. The highest BCUT2D eigenvalue weighted by Gasteiger charge is 2.41. The number of imide groups is 1. The summed E-state index contributed by atoms with van der Waals surface area (Å²) in [6, 6.07) is 26.6. The summed E-state index contributed by atoms with van der Waals surface area (Å²) in [5, 5.41) is 13.8. The van der Waals surface area contributed by atoms with E-state index >= 15 is 0 Å². The van der Waals surface area contributed by atoms with Crippen LogP contribution in [-0.4, -0.2) is 118 Å². The molecule has 5 aromatic rings. The van der Waals surface area contributed by atoms with E-state index in [9.17, 15) is 33.6 Å². The Bertz CT molecular complexity index is 3180. The molecule has 8 rings (SSSR count). The molecule has 0 aromatic heterocycles. The number of ether oxygens (including phenoxy) is 7. The van der Waals surface area contributed by atoms with Crippen molar-refractivity contribution in [3.05, 3.63) is 130 Å². The van der Waals surface area contributed by atoms with Crippen molar-refractivity contribution < 1.29 is 66.7 Å². The fourth-order valence-corrected chi connectivity index (χ4v) is 10.6. The van der Waals surface area contributed by atoms with Crippen LogP contribution in [0.5, 0.6) is 34.5 Å². The second-order valence-corrected chi connectivity index (χ2v) is 20.2. The van der Waals surface area contributed by atoms with E-state index in [4.69, 9.17) is 33.2 Å². The van der Waals surface area contributed by atoms with Gasteiger partial charge in [0.1, 0.15) is 36.3 Å². The van der Waals surface area contributed by atoms with Gasteiger partial charge in [0.2, 0.25) is 17.7 Å². The maximum absolute atomic E-state index is 14.6. The van der Waals surface area contributed by atoms with E-state index in [1.54, 1.807) is 100 Å². The Balaban J connectivity index is 0.840. The summed E-state index contributed by atoms with van der Waals surface area (Å²) in [6.07, 6.45) is 3.24. The van der Waals surface area contributed by atoms with Gasteiger partial charge in [0.15, 0.2) is 35.4 Å². The molecule has 4 atom stereocenters. The largest absolute Gasteiger partial charge is 0.493 e. The van der Waals surface area contributed by atoms with Crippen LogP contribution in [0.15, 0.2) is 107 Å². The number of esters is 1. The molecule has 3 heterocycles. The summed E-state index contributed by atoms with van der Waals surface area (Å²) in [6.45, 7) is 4.07. The Morgan fingerprint density at radius 1 is 0.780 bits per heavy atom. The van der Waals surface area contributed by atoms with E-state index in [1.165, 1.54) is 4.90 Å². The van der Waals surface area contributed by atoms with Crippen molar-refractivity contribution in [3.8, 4) is 34.5 Å². The Morgan fingerprint density at radius 3 is 2.30 bits per heavy atom. The first kappa shape index (κ1) is 59.3. The fourth-order valence-electron chi connectivity index (χ4n) is 10.6. The molecule has 2 N–H and O–H groups in total. The van der Waals surface area contributed by atoms with E-state index in [0.29, 0.717) is 101 Å². The van der Waals surface area contributed by atoms with Crippen LogP contribution in [0.1, 0.15) is 115 Å². The number of likely N-dealkylation sites (tertiary alicyclic amines) is 1. The number of para-hydroxylation sites is 1. The molecule has 3 aliphatic rings. The number of nitrogens with zero attached hydrogens (tertiary/aromatic N) is 4. The number of azo groups is 1. The molecule has 20 heteroatoms. The number of ketones is 1. The molecule has 2 saturated heterocycles. The number of nitrogens with one attached hydrogen (secondary N) is 2. The minimum absolute atomic E-state index is 0.146. The van der Waals surface area contributed by atoms with Crippen molar-refractivity contribution in [2.45, 2.75) is 109 Å². The van der Waals surface area contributed by atoms with Crippen LogP contribution in [0, 0.1) is 6.92 Å². The van der Waals surface area contributed by atoms with Gasteiger partial charge in [-0.1, -0.05) is 43.3 Å². The predicted molar refractivity (Wildman–Crippen MR) is 301 cm³/mol. The zero-order chi connectivity index (χ0) is 58.3. The zero-order valence-corrected chi connectivity index (χ0v) is 47.2. The number of carbonyl (C=O) groups is 7. The average molecular weight is 1120 g/mol. The molecule has 5 amide bonds. The Hall–Kier alpha value is -8.81. The van der Waals surface area contributed by atoms with E-state index in [1.807, 2.05) is 44.2 Å². The van der Waals surface area contributed by atoms with Crippen molar-refractivity contribution >= 4 is 52.7 Å². The van der Waals surface area contributed by atoms with Crippen LogP contribution in [0.2, 0.25) is 0 Å². The molecule has 82 heavy (non-hydrogen) atoms. The lowest BCUT2D eigenvalue weighted by Crippen LogP contribution is -2.52. The number of methoxy groups -OCH3 is 4. The molecule has 5 aromatic carbocycles. The Labute approximate surface area is 476 Å². The van der Waals surface area contributed by atoms with Gasteiger partial charge < -0.3 is 48.3 Å². The minimum Gasteiger partial charge on any atom is -0.493 e. The predicted octanol–water partition coefficient (Wildman–Crippen LogP) is 8.92. The van der Waals surface area contributed by atoms with Crippen molar-refractivity contribution in [2.75, 3.05) is 54.7 Å². The number of hydrogen-bond donors (Lipinski definition) is 2. The molecular weight excluding hydrogens is 1050 g/mol. The van der Waals surface area contributed by atoms with Crippen LogP contribution >= 0.6 is 0 Å². The van der Waals surface area contributed by atoms with Gasteiger partial charge in [0.05, 0.1) is 45.7 Å². The molecule has 0 bridgehead atoms. The molecule has 0 spiro atoms. The standard InChI is InChI=1S/C62H70N6O14/c1-7-44(40-32-38(2)58(79-6)55(34-40)78-5)60(73)67-31-11-10-18-50(67)62(75)82-52(27-20-39-21-28-53(76-3)54(33-39)77-4)46-15-8-9-19-51(46)81-37-57(71)63-30-13-14-42(69)36-80-43-24-22-41(23-25-43)65-66-48-17-12-16-45-47(48)35-68(61(45)74)49-26-29-56(70)64-59(49)72/h8-9,12,15-17,19,21-25,28,32-34,44,49-50,52H,7,10-11,13-14,18,20,26-27,29-31,35-37H2,1-6H3,(H,63,71)(H,64,70,72)/t44-,49?,50-,52+/m0/s1. The van der Waals surface area contributed by atoms with Gasteiger partial charge in [-0.3, -0.25) is 34.1 Å². The summed E-state index contributed by atoms with van der Waals surface area (Å²) in [7, 11) is 6.26. The summed E-state index contributed by atoms with van der Waals surface area (Å²) < 4.78 is 40.5. The molecule has 20 nitrogen and oxygen atoms in total. The Morgan fingerprint density at radius 2 is 1.56 bits per heavy atom. The smallest absolute Gasteiger partial charge is 0.329 e. The molecule has 0 saturated carbocycles. The van der Waals surface area contributed by atoms with E-state index in [2.05, 4.69) is 20.9 Å². The normalized spacial score (nSPS) is 16.6. The molecule has 0 aliphatic carbocycles. The highest BCUT2D eigenvalue weighted by atomic mass is 16.5. The second-order valence-electron chi connectivity index (χ2n) is 20.2. The lowest BCUT2D eigenvalue weighted by atomic mass is 9.91. The molecule has 0 radical (unpaired) electrons. The highest BCUT2D eigenvalue weighted by molar-refractivity contribution is 6.06. The van der Waals surface area contributed by atoms with Crippen LogP contribution in [-0.2, 0) is 46.5 Å². The molecule has 2 fully saturated rings. The first-order valence-corrected chi connectivity index (χ1v) is 27.6. The third-order valence-electron chi connectivity index (χ3n) is 14.9. The highest BCUT2D eigenvalue weighted by Crippen LogP contribution is 2.39. The third-order valence-corrected chi connectivity index (χ3v) is 14.9. The van der Waals surface area contributed by atoms with Crippen molar-refractivity contribution in [3.63, 3.8) is 0 Å². The van der Waals surface area contributed by atoms with Gasteiger partial charge in [-0.25, -0.2) is 4.79 Å². The van der Waals surface area contributed by atoms with Gasteiger partial charge in [0.25, 0.3) is 11.8 Å². The van der Waals surface area contributed by atoms with Crippen molar-refractivity contribution in [2.24, 2.45) is 10.2 Å². The number of benzene rings is 5. The van der Waals surface area contributed by atoms with Gasteiger partial charge in [-0.15, -0.1) is 0 Å². The SMILES string of the molecule is CC[C@H](C(=O)N1CCCC[C@H]1C(=O)O[C@H](CCc1ccc(OC)c(OC)c1)c1ccccc1OCC(=O)NCCCC(=O)COc1ccc(N=Nc2cccc3c2CN(C2CCC(=O)NC2=O)C3=O)cc1)c1cc(C)c(OC)c(OC)c1. The molecule has 1 unspecified atom stereocenters. The van der Waals surface area contributed by atoms with Crippen molar-refractivity contribution in [1.29, 1.82) is 0 Å². The van der Waals surface area contributed by atoms with Gasteiger partial charge in [-0.2, -0.15) is 10.2 Å². The number of piperidine rings is 2. The van der Waals surface area contributed by atoms with E-state index in [-0.39, 0.29) is 69.1 Å². The number of aryl methyl sites for hydroxylation is 2. The topological polar surface area (TPSA) is 239 Å². The minimum atomic E-state index is -0.844. The van der Waals surface area contributed by atoms with Gasteiger partial charge >= 0.3 is 5.97 Å². The van der Waals surface area contributed by atoms with Crippen LogP contribution in [0.3, 0.4) is 0 Å². The molecule has 432 valence electrons. The average Bonchev–Trinajstić information content (AvgIpc) is 4.07. The summed E-state index contributed by atoms with van der Waals surface area (Å²) in [4.78, 5) is 95.6. The van der Waals surface area contributed by atoms with Crippen LogP contribution in [0.4, 0.5) is 11.4 Å². The second kappa shape index (κ2) is 28.1. The van der Waals surface area contributed by atoms with Gasteiger partial charge in [0, 0.05) is 49.2 Å². The third kappa shape index (κ3) is 14.4. The lowest BCUT2D eigenvalue weighted by Gasteiger charge is -2.37. The zero-order valence-electron chi connectivity index (χ0n) is 47.2. The molecular formula is C62H70N6O14. The number of rotatable bonds is 26. The lowest BCUT2D eigenvalue weighted by molar-refractivity contribution is -0.162. The number of Topliss-reactive ketones (excluding diaryl/α,β-unsaturated/α-hetero) is 1. The quantitative estimate of drug-likeness (QED) is 0.0228. The summed E-state index contributed by atoms with van der Waals surface area (Å²) in [5.74, 6) is 0.0241. The number of amides is 5. The first-order chi connectivity index (χ1) is 39.7. The van der Waals surface area contributed by atoms with Gasteiger partial charge in [-0.05, 0) is 136 Å². The van der Waals surface area contributed by atoms with Crippen LogP contribution < -0.4 is 39.1 Å². The number of carbonyl (C=O) groups excluding carboxylic acids is 7. The number of hydrogen-bond acceptors (Lipinski definition) is 16. The van der Waals surface area contributed by atoms with Crippen molar-refractivity contribution in [1.82, 2.24) is 20.4 Å². The number of fused-ring (bicyclic) bond motifs is 1. The fraction of sp³-hybridized carbons (Fsp3) is 0.403. The van der Waals surface area contributed by atoms with E-state index < -0.39 is 41.9 Å². The summed E-state index contributed by atoms with van der Waals surface area (Å²) >= 11 is 0. The maximum atomic E-state index is 14.6. The first-order valence-electron chi connectivity index (χ1n) is 27.6. The Kier molecular flexibility index (Phi) is 20.3.